The van der Waals surface area contributed by atoms with Crippen molar-refractivity contribution in [2.75, 3.05) is 32.9 Å². The average Bonchev–Trinajstić information content (AvgIpc) is 2.80. The predicted molar refractivity (Wildman–Crippen MR) is 99.8 cm³/mol. The van der Waals surface area contributed by atoms with Crippen LogP contribution in [0.1, 0.15) is 18.9 Å². The molecule has 0 saturated carbocycles. The van der Waals surface area contributed by atoms with Crippen molar-refractivity contribution < 1.29 is 22.8 Å². The molecule has 148 valence electrons. The first-order chi connectivity index (χ1) is 12.6. The minimum Gasteiger partial charge on any atom is -0.342 e. The van der Waals surface area contributed by atoms with E-state index in [1.807, 2.05) is 6.92 Å². The highest BCUT2D eigenvalue weighted by Gasteiger charge is 2.42. The van der Waals surface area contributed by atoms with Crippen LogP contribution in [0.3, 0.4) is 0 Å². The summed E-state index contributed by atoms with van der Waals surface area (Å²) in [7, 11) is -0.671. The molecule has 1 aromatic rings. The highest BCUT2D eigenvalue weighted by molar-refractivity contribution is 7.91. The molecular weight excluding hydrogens is 370 g/mol. The van der Waals surface area contributed by atoms with Crippen molar-refractivity contribution in [3.05, 3.63) is 29.8 Å². The van der Waals surface area contributed by atoms with Gasteiger partial charge in [0.1, 0.15) is 6.04 Å². The number of carbonyl (C=O) groups is 3. The standard InChI is InChI=1S/C18H25N3O5S/c1-5-21(10-11-27(25,26)14-8-6-13(2)7-9-14)16(22)12-15-17(23)20(4)18(24)19(15)3/h6-9,15H,5,10-12H2,1-4H3/t15-/m1/s1. The molecule has 1 saturated heterocycles. The summed E-state index contributed by atoms with van der Waals surface area (Å²) in [5.41, 5.74) is 0.962. The summed E-state index contributed by atoms with van der Waals surface area (Å²) in [6.07, 6.45) is -0.163. The second-order valence-electron chi connectivity index (χ2n) is 6.62. The van der Waals surface area contributed by atoms with E-state index in [2.05, 4.69) is 0 Å². The lowest BCUT2D eigenvalue weighted by molar-refractivity contribution is -0.136. The monoisotopic (exact) mass is 395 g/mol. The largest absolute Gasteiger partial charge is 0.342 e. The van der Waals surface area contributed by atoms with Crippen molar-refractivity contribution in [2.24, 2.45) is 0 Å². The van der Waals surface area contributed by atoms with Crippen molar-refractivity contribution in [2.45, 2.75) is 31.2 Å². The summed E-state index contributed by atoms with van der Waals surface area (Å²) >= 11 is 0. The van der Waals surface area contributed by atoms with E-state index in [1.165, 1.54) is 23.9 Å². The molecule has 0 aromatic heterocycles. The SMILES string of the molecule is CCN(CCS(=O)(=O)c1ccc(C)cc1)C(=O)C[C@@H]1C(=O)N(C)C(=O)N1C. The number of hydrogen-bond donors (Lipinski definition) is 0. The number of aryl methyl sites for hydroxylation is 1. The van der Waals surface area contributed by atoms with Crippen molar-refractivity contribution in [3.63, 3.8) is 0 Å². The maximum atomic E-state index is 12.6. The van der Waals surface area contributed by atoms with Crippen LogP contribution < -0.4 is 0 Å². The number of urea groups is 1. The van der Waals surface area contributed by atoms with Gasteiger partial charge in [-0.25, -0.2) is 13.2 Å². The van der Waals surface area contributed by atoms with Crippen LogP contribution in [0, 0.1) is 6.92 Å². The summed E-state index contributed by atoms with van der Waals surface area (Å²) in [6, 6.07) is 5.25. The molecule has 8 nitrogen and oxygen atoms in total. The Morgan fingerprint density at radius 3 is 2.22 bits per heavy atom. The first-order valence-corrected chi connectivity index (χ1v) is 10.3. The van der Waals surface area contributed by atoms with Crippen LogP contribution in [0.2, 0.25) is 0 Å². The van der Waals surface area contributed by atoms with E-state index in [1.54, 1.807) is 31.2 Å². The fourth-order valence-electron chi connectivity index (χ4n) is 2.93. The van der Waals surface area contributed by atoms with E-state index in [-0.39, 0.29) is 29.5 Å². The van der Waals surface area contributed by atoms with Crippen LogP contribution in [0.25, 0.3) is 0 Å². The zero-order chi connectivity index (χ0) is 20.4. The van der Waals surface area contributed by atoms with E-state index < -0.39 is 27.8 Å². The molecule has 4 amide bonds. The first-order valence-electron chi connectivity index (χ1n) is 8.70. The van der Waals surface area contributed by atoms with Crippen LogP contribution in [0.15, 0.2) is 29.2 Å². The molecule has 2 rings (SSSR count). The fourth-order valence-corrected chi connectivity index (χ4v) is 4.17. The van der Waals surface area contributed by atoms with Gasteiger partial charge in [0.05, 0.1) is 17.1 Å². The molecule has 1 aliphatic rings. The van der Waals surface area contributed by atoms with Crippen molar-refractivity contribution >= 4 is 27.7 Å². The van der Waals surface area contributed by atoms with Gasteiger partial charge >= 0.3 is 6.03 Å². The van der Waals surface area contributed by atoms with Gasteiger partial charge in [0.15, 0.2) is 9.84 Å². The third-order valence-corrected chi connectivity index (χ3v) is 6.49. The Morgan fingerprint density at radius 1 is 1.15 bits per heavy atom. The lowest BCUT2D eigenvalue weighted by Crippen LogP contribution is -2.41. The van der Waals surface area contributed by atoms with E-state index in [0.717, 1.165) is 10.5 Å². The Balaban J connectivity index is 2.02. The smallest absolute Gasteiger partial charge is 0.326 e. The van der Waals surface area contributed by atoms with Gasteiger partial charge in [-0.05, 0) is 26.0 Å². The molecule has 0 N–H and O–H groups in total. The van der Waals surface area contributed by atoms with Gasteiger partial charge in [-0.3, -0.25) is 14.5 Å². The molecule has 0 unspecified atom stereocenters. The lowest BCUT2D eigenvalue weighted by atomic mass is 10.1. The Labute approximate surface area is 159 Å². The van der Waals surface area contributed by atoms with E-state index in [4.69, 9.17) is 0 Å². The predicted octanol–water partition coefficient (Wildman–Crippen LogP) is 0.900. The Hall–Kier alpha value is -2.42. The minimum atomic E-state index is -3.52. The molecule has 1 atom stereocenters. The summed E-state index contributed by atoms with van der Waals surface area (Å²) in [4.78, 5) is 40.3. The van der Waals surface area contributed by atoms with Gasteiger partial charge in [-0.15, -0.1) is 0 Å². The molecule has 27 heavy (non-hydrogen) atoms. The summed E-state index contributed by atoms with van der Waals surface area (Å²) < 4.78 is 24.9. The first kappa shape index (κ1) is 20.9. The average molecular weight is 395 g/mol. The molecule has 1 heterocycles. The number of sulfone groups is 1. The molecule has 1 fully saturated rings. The summed E-state index contributed by atoms with van der Waals surface area (Å²) in [6.45, 7) is 3.96. The Morgan fingerprint density at radius 2 is 1.74 bits per heavy atom. The third kappa shape index (κ3) is 4.47. The molecule has 0 spiro atoms. The topological polar surface area (TPSA) is 95.1 Å². The van der Waals surface area contributed by atoms with Gasteiger partial charge in [-0.2, -0.15) is 0 Å². The number of likely N-dealkylation sites (N-methyl/N-ethyl adjacent to an activating group) is 2. The lowest BCUT2D eigenvalue weighted by Gasteiger charge is -2.23. The van der Waals surface area contributed by atoms with Crippen LogP contribution in [-0.2, 0) is 19.4 Å². The molecule has 0 radical (unpaired) electrons. The highest BCUT2D eigenvalue weighted by Crippen LogP contribution is 2.18. The second-order valence-corrected chi connectivity index (χ2v) is 8.73. The summed E-state index contributed by atoms with van der Waals surface area (Å²) in [5, 5.41) is 0. The van der Waals surface area contributed by atoms with Gasteiger partial charge in [0, 0.05) is 27.2 Å². The molecule has 0 aliphatic carbocycles. The van der Waals surface area contributed by atoms with Crippen LogP contribution in [0.5, 0.6) is 0 Å². The highest BCUT2D eigenvalue weighted by atomic mass is 32.2. The number of imide groups is 1. The minimum absolute atomic E-state index is 0.0277. The Kier molecular flexibility index (Phi) is 6.25. The van der Waals surface area contributed by atoms with Crippen LogP contribution in [0.4, 0.5) is 4.79 Å². The number of benzene rings is 1. The second kappa shape index (κ2) is 8.08. The maximum absolute atomic E-state index is 12.6. The molecule has 1 aliphatic heterocycles. The number of rotatable bonds is 7. The molecule has 9 heteroatoms. The number of amides is 4. The maximum Gasteiger partial charge on any atom is 0.326 e. The zero-order valence-electron chi connectivity index (χ0n) is 16.0. The molecule has 0 bridgehead atoms. The summed E-state index contributed by atoms with van der Waals surface area (Å²) in [5.74, 6) is -0.993. The third-order valence-electron chi connectivity index (χ3n) is 4.78. The van der Waals surface area contributed by atoms with Crippen molar-refractivity contribution in [1.29, 1.82) is 0 Å². The van der Waals surface area contributed by atoms with Gasteiger partial charge in [-0.1, -0.05) is 17.7 Å². The number of nitrogens with zero attached hydrogens (tertiary/aromatic N) is 3. The number of hydrogen-bond acceptors (Lipinski definition) is 5. The van der Waals surface area contributed by atoms with Crippen molar-refractivity contribution in [3.8, 4) is 0 Å². The van der Waals surface area contributed by atoms with E-state index >= 15 is 0 Å². The number of carbonyl (C=O) groups excluding carboxylic acids is 3. The van der Waals surface area contributed by atoms with Crippen LogP contribution >= 0.6 is 0 Å². The zero-order valence-corrected chi connectivity index (χ0v) is 16.8. The normalized spacial score (nSPS) is 17.6. The fraction of sp³-hybridized carbons (Fsp3) is 0.500. The van der Waals surface area contributed by atoms with E-state index in [9.17, 15) is 22.8 Å². The van der Waals surface area contributed by atoms with Crippen molar-refractivity contribution in [1.82, 2.24) is 14.7 Å². The quantitative estimate of drug-likeness (QED) is 0.639. The van der Waals surface area contributed by atoms with Gasteiger partial charge in [0.2, 0.25) is 5.91 Å². The molecule has 1 aromatic carbocycles. The van der Waals surface area contributed by atoms with Crippen LogP contribution in [-0.4, -0.2) is 79.9 Å². The van der Waals surface area contributed by atoms with E-state index in [0.29, 0.717) is 6.54 Å². The van der Waals surface area contributed by atoms with Gasteiger partial charge < -0.3 is 9.80 Å². The van der Waals surface area contributed by atoms with Gasteiger partial charge in [0.25, 0.3) is 5.91 Å². The molecular formula is C18H25N3O5S. The Bertz CT molecular complexity index is 835.